The summed E-state index contributed by atoms with van der Waals surface area (Å²) in [5.74, 6) is -1.77. The van der Waals surface area contributed by atoms with Gasteiger partial charge in [-0.3, -0.25) is 9.59 Å². The van der Waals surface area contributed by atoms with Crippen molar-refractivity contribution >= 4 is 11.9 Å². The molecule has 0 bridgehead atoms. The van der Waals surface area contributed by atoms with E-state index in [1.165, 1.54) is 0 Å². The zero-order valence-electron chi connectivity index (χ0n) is 7.98. The predicted octanol–water partition coefficient (Wildman–Crippen LogP) is -0.803. The molecule has 0 saturated carbocycles. The number of carboxylic acids is 2. The lowest BCUT2D eigenvalue weighted by Gasteiger charge is -2.19. The molecule has 0 amide bonds. The second kappa shape index (κ2) is 7.28. The third-order valence-corrected chi connectivity index (χ3v) is 1.73. The molecule has 0 aromatic carbocycles. The highest BCUT2D eigenvalue weighted by molar-refractivity contribution is 5.67. The van der Waals surface area contributed by atoms with Crippen LogP contribution in [0.4, 0.5) is 0 Å². The van der Waals surface area contributed by atoms with Crippen LogP contribution in [-0.2, 0) is 9.59 Å². The fraction of sp³-hybridized carbons (Fsp3) is 0.750. The maximum Gasteiger partial charge on any atom is 0.304 e. The molecule has 6 nitrogen and oxygen atoms in total. The van der Waals surface area contributed by atoms with E-state index in [0.29, 0.717) is 26.2 Å². The smallest absolute Gasteiger partial charge is 0.304 e. The van der Waals surface area contributed by atoms with E-state index in [1.807, 2.05) is 0 Å². The number of rotatable bonds is 8. The lowest BCUT2D eigenvalue weighted by molar-refractivity contribution is -0.137. The number of carboxylic acid groups (broad SMARTS) is 2. The van der Waals surface area contributed by atoms with E-state index < -0.39 is 11.9 Å². The first-order valence-corrected chi connectivity index (χ1v) is 4.42. The first kappa shape index (κ1) is 12.9. The molecule has 0 fully saturated rings. The van der Waals surface area contributed by atoms with Crippen LogP contribution in [-0.4, -0.2) is 53.2 Å². The van der Waals surface area contributed by atoms with Crippen LogP contribution in [0.5, 0.6) is 0 Å². The first-order valence-electron chi connectivity index (χ1n) is 4.42. The maximum atomic E-state index is 10.3. The van der Waals surface area contributed by atoms with Gasteiger partial charge in [0.15, 0.2) is 0 Å². The average Bonchev–Trinajstić information content (AvgIpc) is 2.09. The standard InChI is InChI=1S/C8H16N2O4/c9-3-6-10(4-1-7(11)12)5-2-8(13)14/h1-6,9H2,(H,11,12)(H,13,14). The lowest BCUT2D eigenvalue weighted by Crippen LogP contribution is -2.33. The van der Waals surface area contributed by atoms with Crippen molar-refractivity contribution < 1.29 is 19.8 Å². The summed E-state index contributed by atoms with van der Waals surface area (Å²) in [7, 11) is 0. The highest BCUT2D eigenvalue weighted by Gasteiger charge is 2.08. The van der Waals surface area contributed by atoms with E-state index in [4.69, 9.17) is 15.9 Å². The molecular formula is C8H16N2O4. The van der Waals surface area contributed by atoms with E-state index in [-0.39, 0.29) is 12.8 Å². The molecule has 0 aromatic heterocycles. The molecule has 0 unspecified atom stereocenters. The summed E-state index contributed by atoms with van der Waals surface area (Å²) in [6.07, 6.45) is 0.0270. The van der Waals surface area contributed by atoms with Crippen molar-refractivity contribution in [3.8, 4) is 0 Å². The van der Waals surface area contributed by atoms with Crippen molar-refractivity contribution in [3.05, 3.63) is 0 Å². The van der Waals surface area contributed by atoms with E-state index >= 15 is 0 Å². The quantitative estimate of drug-likeness (QED) is 0.478. The van der Waals surface area contributed by atoms with Gasteiger partial charge < -0.3 is 20.8 Å². The monoisotopic (exact) mass is 204 g/mol. The Morgan fingerprint density at radius 2 is 1.43 bits per heavy atom. The van der Waals surface area contributed by atoms with Crippen LogP contribution in [0, 0.1) is 0 Å². The number of hydrogen-bond acceptors (Lipinski definition) is 4. The number of aliphatic carboxylic acids is 2. The van der Waals surface area contributed by atoms with Gasteiger partial charge in [0.2, 0.25) is 0 Å². The molecule has 0 spiro atoms. The minimum atomic E-state index is -0.887. The molecule has 0 saturated heterocycles. The van der Waals surface area contributed by atoms with Gasteiger partial charge in [-0.2, -0.15) is 0 Å². The van der Waals surface area contributed by atoms with Crippen molar-refractivity contribution in [1.82, 2.24) is 4.90 Å². The number of nitrogens with zero attached hydrogens (tertiary/aromatic N) is 1. The van der Waals surface area contributed by atoms with Gasteiger partial charge in [-0.15, -0.1) is 0 Å². The normalized spacial score (nSPS) is 10.4. The summed E-state index contributed by atoms with van der Waals surface area (Å²) in [6.45, 7) is 1.62. The molecule has 0 radical (unpaired) electrons. The third-order valence-electron chi connectivity index (χ3n) is 1.73. The number of carbonyl (C=O) groups is 2. The molecule has 14 heavy (non-hydrogen) atoms. The highest BCUT2D eigenvalue weighted by atomic mass is 16.4. The van der Waals surface area contributed by atoms with Crippen molar-refractivity contribution in [2.24, 2.45) is 5.73 Å². The molecule has 0 aliphatic heterocycles. The Labute approximate surface area is 82.3 Å². The number of hydrogen-bond donors (Lipinski definition) is 3. The van der Waals surface area contributed by atoms with Gasteiger partial charge in [-0.25, -0.2) is 0 Å². The van der Waals surface area contributed by atoms with Gasteiger partial charge in [0, 0.05) is 26.2 Å². The molecule has 6 heteroatoms. The SMILES string of the molecule is NCCN(CCC(=O)O)CCC(=O)O. The summed E-state index contributed by atoms with van der Waals surface area (Å²) >= 11 is 0. The average molecular weight is 204 g/mol. The van der Waals surface area contributed by atoms with Crippen LogP contribution in [0.3, 0.4) is 0 Å². The fourth-order valence-electron chi connectivity index (χ4n) is 1.03. The molecule has 4 N–H and O–H groups in total. The van der Waals surface area contributed by atoms with Crippen LogP contribution in [0.15, 0.2) is 0 Å². The molecule has 0 atom stereocenters. The zero-order valence-corrected chi connectivity index (χ0v) is 7.98. The van der Waals surface area contributed by atoms with E-state index in [2.05, 4.69) is 0 Å². The summed E-state index contributed by atoms with van der Waals surface area (Å²) in [6, 6.07) is 0. The second-order valence-electron chi connectivity index (χ2n) is 2.92. The molecule has 0 heterocycles. The second-order valence-corrected chi connectivity index (χ2v) is 2.92. The van der Waals surface area contributed by atoms with Crippen LogP contribution in [0.1, 0.15) is 12.8 Å². The van der Waals surface area contributed by atoms with E-state index in [1.54, 1.807) is 4.90 Å². The van der Waals surface area contributed by atoms with Gasteiger partial charge in [0.25, 0.3) is 0 Å². The Morgan fingerprint density at radius 1 is 1.00 bits per heavy atom. The zero-order chi connectivity index (χ0) is 11.0. The van der Waals surface area contributed by atoms with E-state index in [0.717, 1.165) is 0 Å². The molecule has 0 rings (SSSR count). The fourth-order valence-corrected chi connectivity index (χ4v) is 1.03. The molecule has 0 aliphatic rings. The predicted molar refractivity (Wildman–Crippen MR) is 50.0 cm³/mol. The summed E-state index contributed by atoms with van der Waals surface area (Å²) in [4.78, 5) is 22.3. The third kappa shape index (κ3) is 7.51. The largest absolute Gasteiger partial charge is 0.481 e. The van der Waals surface area contributed by atoms with Gasteiger partial charge in [0.1, 0.15) is 0 Å². The summed E-state index contributed by atoms with van der Waals surface area (Å²) in [5.41, 5.74) is 5.31. The minimum Gasteiger partial charge on any atom is -0.481 e. The van der Waals surface area contributed by atoms with Crippen molar-refractivity contribution in [1.29, 1.82) is 0 Å². The van der Waals surface area contributed by atoms with Gasteiger partial charge in [-0.05, 0) is 0 Å². The summed E-state index contributed by atoms with van der Waals surface area (Å²) < 4.78 is 0. The molecule has 82 valence electrons. The van der Waals surface area contributed by atoms with Crippen LogP contribution in [0.25, 0.3) is 0 Å². The lowest BCUT2D eigenvalue weighted by atomic mass is 10.3. The van der Waals surface area contributed by atoms with Crippen molar-refractivity contribution in [2.45, 2.75) is 12.8 Å². The Kier molecular flexibility index (Phi) is 6.69. The molecular weight excluding hydrogens is 188 g/mol. The Balaban J connectivity index is 3.76. The van der Waals surface area contributed by atoms with Crippen LogP contribution in [0.2, 0.25) is 0 Å². The molecule has 0 aromatic rings. The van der Waals surface area contributed by atoms with Gasteiger partial charge in [0.05, 0.1) is 12.8 Å². The van der Waals surface area contributed by atoms with Crippen molar-refractivity contribution in [3.63, 3.8) is 0 Å². The summed E-state index contributed by atoms with van der Waals surface area (Å²) in [5, 5.41) is 16.9. The number of nitrogens with two attached hydrogens (primary N) is 1. The van der Waals surface area contributed by atoms with Gasteiger partial charge in [-0.1, -0.05) is 0 Å². The topological polar surface area (TPSA) is 104 Å². The Bertz CT molecular complexity index is 178. The maximum absolute atomic E-state index is 10.3. The van der Waals surface area contributed by atoms with Crippen LogP contribution < -0.4 is 5.73 Å². The first-order chi connectivity index (χ1) is 6.56. The minimum absolute atomic E-state index is 0.0135. The van der Waals surface area contributed by atoms with E-state index in [9.17, 15) is 9.59 Å². The van der Waals surface area contributed by atoms with Crippen LogP contribution >= 0.6 is 0 Å². The van der Waals surface area contributed by atoms with Crippen molar-refractivity contribution in [2.75, 3.05) is 26.2 Å². The Hall–Kier alpha value is -1.14. The molecule has 0 aliphatic carbocycles. The van der Waals surface area contributed by atoms with Gasteiger partial charge >= 0.3 is 11.9 Å². The Morgan fingerprint density at radius 3 is 1.71 bits per heavy atom. The highest BCUT2D eigenvalue weighted by Crippen LogP contribution is 1.94.